The summed E-state index contributed by atoms with van der Waals surface area (Å²) in [7, 11) is -1.83. The van der Waals surface area contributed by atoms with Gasteiger partial charge in [-0.2, -0.15) is 0 Å². The Morgan fingerprint density at radius 1 is 0.897 bits per heavy atom. The summed E-state index contributed by atoms with van der Waals surface area (Å²) in [6.07, 6.45) is -0.775. The summed E-state index contributed by atoms with van der Waals surface area (Å²) < 4.78 is 31.7. The van der Waals surface area contributed by atoms with Crippen LogP contribution in [0.4, 0.5) is 0 Å². The standard InChI is InChI=1S/C22H23O6P/c1-25-13-19(28-29(23,24)26-2)14-27-12-18-9-8-17-7-6-15-4-3-5-16-10-11-20(18)22(17)21(15)16/h3-11,19H,12-14H2,1-2H3,(H,23,24)/p-1/t19-/m1/s1. The molecule has 0 aliphatic rings. The molecule has 0 aromatic heterocycles. The normalized spacial score (nSPS) is 15.3. The van der Waals surface area contributed by atoms with E-state index in [1.54, 1.807) is 0 Å². The maximum absolute atomic E-state index is 11.6. The van der Waals surface area contributed by atoms with Crippen molar-refractivity contribution in [1.82, 2.24) is 0 Å². The third-order valence-corrected chi connectivity index (χ3v) is 6.04. The lowest BCUT2D eigenvalue weighted by Gasteiger charge is -2.26. The van der Waals surface area contributed by atoms with Gasteiger partial charge in [0.2, 0.25) is 0 Å². The van der Waals surface area contributed by atoms with Gasteiger partial charge in [0.1, 0.15) is 6.10 Å². The molecular weight excluding hydrogens is 391 g/mol. The van der Waals surface area contributed by atoms with Gasteiger partial charge in [-0.05, 0) is 37.9 Å². The molecule has 0 aliphatic carbocycles. The van der Waals surface area contributed by atoms with Crippen molar-refractivity contribution in [3.05, 3.63) is 60.2 Å². The van der Waals surface area contributed by atoms with Crippen LogP contribution in [-0.2, 0) is 29.7 Å². The van der Waals surface area contributed by atoms with Crippen molar-refractivity contribution < 1.29 is 28.0 Å². The number of hydrogen-bond donors (Lipinski definition) is 0. The smallest absolute Gasteiger partial charge is 0.268 e. The number of methoxy groups -OCH3 is 1. The molecule has 152 valence electrons. The van der Waals surface area contributed by atoms with Crippen LogP contribution in [0.25, 0.3) is 32.3 Å². The number of benzene rings is 4. The van der Waals surface area contributed by atoms with Gasteiger partial charge in [-0.15, -0.1) is 0 Å². The third kappa shape index (κ3) is 4.14. The molecule has 4 aromatic rings. The molecule has 0 saturated carbocycles. The van der Waals surface area contributed by atoms with Crippen molar-refractivity contribution in [3.8, 4) is 0 Å². The van der Waals surface area contributed by atoms with Gasteiger partial charge < -0.3 is 23.4 Å². The second-order valence-electron chi connectivity index (χ2n) is 6.91. The fourth-order valence-electron chi connectivity index (χ4n) is 3.74. The van der Waals surface area contributed by atoms with Crippen LogP contribution in [0.15, 0.2) is 54.6 Å². The van der Waals surface area contributed by atoms with Crippen LogP contribution in [0.5, 0.6) is 0 Å². The summed E-state index contributed by atoms with van der Waals surface area (Å²) in [5, 5.41) is 7.19. The van der Waals surface area contributed by atoms with Gasteiger partial charge in [0.25, 0.3) is 7.82 Å². The summed E-state index contributed by atoms with van der Waals surface area (Å²) in [5.41, 5.74) is 1.03. The fourth-order valence-corrected chi connectivity index (χ4v) is 4.32. The second-order valence-corrected chi connectivity index (χ2v) is 8.38. The van der Waals surface area contributed by atoms with Crippen LogP contribution in [0.1, 0.15) is 5.56 Å². The first-order valence-electron chi connectivity index (χ1n) is 9.29. The number of hydrogen-bond acceptors (Lipinski definition) is 6. The van der Waals surface area contributed by atoms with Crippen molar-refractivity contribution in [2.24, 2.45) is 0 Å². The SMILES string of the molecule is COC[C@H](COCc1ccc2ccc3cccc4ccc1c2c34)OP(=O)([O-])OC. The third-order valence-electron chi connectivity index (χ3n) is 5.03. The maximum Gasteiger partial charge on any atom is 0.268 e. The predicted molar refractivity (Wildman–Crippen MR) is 111 cm³/mol. The van der Waals surface area contributed by atoms with Crippen LogP contribution in [0.2, 0.25) is 0 Å². The van der Waals surface area contributed by atoms with E-state index in [2.05, 4.69) is 53.1 Å². The van der Waals surface area contributed by atoms with Crippen LogP contribution < -0.4 is 4.89 Å². The van der Waals surface area contributed by atoms with Gasteiger partial charge in [0.05, 0.1) is 19.8 Å². The molecule has 0 saturated heterocycles. The number of rotatable bonds is 9. The van der Waals surface area contributed by atoms with E-state index >= 15 is 0 Å². The van der Waals surface area contributed by atoms with Crippen molar-refractivity contribution in [2.45, 2.75) is 12.7 Å². The van der Waals surface area contributed by atoms with Crippen molar-refractivity contribution in [3.63, 3.8) is 0 Å². The summed E-state index contributed by atoms with van der Waals surface area (Å²) in [5.74, 6) is 0. The van der Waals surface area contributed by atoms with E-state index in [0.29, 0.717) is 6.61 Å². The van der Waals surface area contributed by atoms with E-state index in [4.69, 9.17) is 14.0 Å². The van der Waals surface area contributed by atoms with Crippen LogP contribution in [0, 0.1) is 0 Å². The lowest BCUT2D eigenvalue weighted by molar-refractivity contribution is -0.230. The van der Waals surface area contributed by atoms with E-state index in [9.17, 15) is 9.46 Å². The zero-order chi connectivity index (χ0) is 20.4. The Kier molecular flexibility index (Phi) is 5.83. The Morgan fingerprint density at radius 2 is 1.55 bits per heavy atom. The zero-order valence-corrected chi connectivity index (χ0v) is 17.2. The molecule has 0 heterocycles. The van der Waals surface area contributed by atoms with E-state index in [-0.39, 0.29) is 13.2 Å². The molecule has 29 heavy (non-hydrogen) atoms. The average Bonchev–Trinajstić information content (AvgIpc) is 2.72. The first-order chi connectivity index (χ1) is 14.0. The van der Waals surface area contributed by atoms with Gasteiger partial charge in [0, 0.05) is 14.2 Å². The van der Waals surface area contributed by atoms with E-state index in [1.807, 2.05) is 6.07 Å². The second kappa shape index (κ2) is 8.36. The van der Waals surface area contributed by atoms with Crippen molar-refractivity contribution in [1.29, 1.82) is 0 Å². The molecule has 0 bridgehead atoms. The summed E-state index contributed by atoms with van der Waals surface area (Å²) >= 11 is 0. The van der Waals surface area contributed by atoms with Crippen LogP contribution in [0.3, 0.4) is 0 Å². The minimum absolute atomic E-state index is 0.0609. The van der Waals surface area contributed by atoms with Crippen molar-refractivity contribution >= 4 is 40.1 Å². The Bertz CT molecular complexity index is 1160. The van der Waals surface area contributed by atoms with E-state index in [0.717, 1.165) is 18.1 Å². The molecule has 2 atom stereocenters. The number of phosphoric acid groups is 1. The van der Waals surface area contributed by atoms with Gasteiger partial charge >= 0.3 is 0 Å². The highest BCUT2D eigenvalue weighted by molar-refractivity contribution is 7.45. The van der Waals surface area contributed by atoms with Crippen LogP contribution in [-0.4, -0.2) is 33.5 Å². The molecule has 0 spiro atoms. The summed E-state index contributed by atoms with van der Waals surface area (Å²) in [4.78, 5) is 11.6. The highest BCUT2D eigenvalue weighted by atomic mass is 31.2. The molecule has 0 N–H and O–H groups in total. The molecule has 0 amide bonds. The average molecular weight is 413 g/mol. The lowest BCUT2D eigenvalue weighted by Crippen LogP contribution is -2.26. The molecule has 6 nitrogen and oxygen atoms in total. The first-order valence-corrected chi connectivity index (χ1v) is 10.8. The maximum atomic E-state index is 11.6. The summed E-state index contributed by atoms with van der Waals surface area (Å²) in [6.45, 7) is 0.466. The molecule has 0 radical (unpaired) electrons. The molecular formula is C22H22O6P-. The van der Waals surface area contributed by atoms with Crippen LogP contribution >= 0.6 is 7.82 Å². The highest BCUT2D eigenvalue weighted by Crippen LogP contribution is 2.39. The number of phosphoric ester groups is 1. The largest absolute Gasteiger partial charge is 0.756 e. The molecule has 1 unspecified atom stereocenters. The molecule has 0 fully saturated rings. The Labute approximate surface area is 168 Å². The van der Waals surface area contributed by atoms with Crippen molar-refractivity contribution in [2.75, 3.05) is 27.4 Å². The molecule has 4 aromatic carbocycles. The molecule has 0 aliphatic heterocycles. The molecule has 7 heteroatoms. The minimum atomic E-state index is -4.36. The van der Waals surface area contributed by atoms with Gasteiger partial charge in [-0.3, -0.25) is 4.57 Å². The van der Waals surface area contributed by atoms with Gasteiger partial charge in [-0.1, -0.05) is 54.6 Å². The topological polar surface area (TPSA) is 77.1 Å². The Hall–Kier alpha value is -2.05. The Morgan fingerprint density at radius 3 is 2.24 bits per heavy atom. The summed E-state index contributed by atoms with van der Waals surface area (Å²) in [6, 6.07) is 18.9. The number of ether oxygens (including phenoxy) is 2. The predicted octanol–water partition coefficient (Wildman–Crippen LogP) is 4.25. The zero-order valence-electron chi connectivity index (χ0n) is 16.3. The highest BCUT2D eigenvalue weighted by Gasteiger charge is 2.18. The Balaban J connectivity index is 1.59. The van der Waals surface area contributed by atoms with E-state index in [1.165, 1.54) is 34.0 Å². The monoisotopic (exact) mass is 413 g/mol. The van der Waals surface area contributed by atoms with Gasteiger partial charge in [0.15, 0.2) is 0 Å². The molecule has 4 rings (SSSR count). The fraction of sp³-hybridized carbons (Fsp3) is 0.273. The minimum Gasteiger partial charge on any atom is -0.756 e. The van der Waals surface area contributed by atoms with Gasteiger partial charge in [-0.25, -0.2) is 0 Å². The lowest BCUT2D eigenvalue weighted by atomic mass is 9.92. The van der Waals surface area contributed by atoms with E-state index < -0.39 is 13.9 Å². The quantitative estimate of drug-likeness (QED) is 0.302. The first kappa shape index (κ1) is 20.2.